The molecule has 0 radical (unpaired) electrons. The molecule has 2 rings (SSSR count). The SMILES string of the molecule is C=C(C1=C(N(C)C(/C=N\CC[C@H](CC)CCCC)=C/C)CCCCC1)c1cnc(CC)c(F)c1. The Balaban J connectivity index is 2.21. The molecule has 0 aliphatic heterocycles. The Kier molecular flexibility index (Phi) is 12.3. The fraction of sp³-hybridized carbons (Fsp3) is 0.600. The Morgan fingerprint density at radius 3 is 2.62 bits per heavy atom. The van der Waals surface area contributed by atoms with Crippen molar-refractivity contribution in [2.75, 3.05) is 13.6 Å². The zero-order chi connectivity index (χ0) is 24.9. The minimum absolute atomic E-state index is 0.240. The third-order valence-corrected chi connectivity index (χ3v) is 7.17. The van der Waals surface area contributed by atoms with Crippen LogP contribution in [0, 0.1) is 11.7 Å². The molecule has 1 atom stereocenters. The van der Waals surface area contributed by atoms with E-state index in [0.29, 0.717) is 12.1 Å². The van der Waals surface area contributed by atoms with Crippen LogP contribution in [0.5, 0.6) is 0 Å². The predicted octanol–water partition coefficient (Wildman–Crippen LogP) is 8.53. The molecule has 0 amide bonds. The van der Waals surface area contributed by atoms with Gasteiger partial charge in [0.15, 0.2) is 0 Å². The smallest absolute Gasteiger partial charge is 0.145 e. The van der Waals surface area contributed by atoms with Gasteiger partial charge in [0, 0.05) is 37.3 Å². The van der Waals surface area contributed by atoms with Crippen LogP contribution in [0.4, 0.5) is 4.39 Å². The van der Waals surface area contributed by atoms with Crippen LogP contribution in [0.25, 0.3) is 5.57 Å². The van der Waals surface area contributed by atoms with Gasteiger partial charge < -0.3 is 4.90 Å². The minimum atomic E-state index is -0.240. The molecule has 1 aliphatic carbocycles. The molecule has 3 nitrogen and oxygen atoms in total. The lowest BCUT2D eigenvalue weighted by molar-refractivity contribution is 0.427. The van der Waals surface area contributed by atoms with Crippen molar-refractivity contribution >= 4 is 11.8 Å². The largest absolute Gasteiger partial charge is 0.347 e. The van der Waals surface area contributed by atoms with Gasteiger partial charge in [-0.2, -0.15) is 0 Å². The molecular weight excluding hydrogens is 421 g/mol. The first-order valence-electron chi connectivity index (χ1n) is 13.4. The van der Waals surface area contributed by atoms with E-state index in [1.807, 2.05) is 13.1 Å². The molecule has 0 N–H and O–H groups in total. The Morgan fingerprint density at radius 2 is 1.97 bits per heavy atom. The zero-order valence-corrected chi connectivity index (χ0v) is 22.3. The second-order valence-electron chi connectivity index (χ2n) is 9.48. The number of hydrogen-bond donors (Lipinski definition) is 0. The van der Waals surface area contributed by atoms with Gasteiger partial charge in [0.05, 0.1) is 11.4 Å². The molecule has 0 aromatic carbocycles. The fourth-order valence-corrected chi connectivity index (χ4v) is 4.80. The van der Waals surface area contributed by atoms with Crippen LogP contribution in [0.3, 0.4) is 0 Å². The monoisotopic (exact) mass is 467 g/mol. The summed E-state index contributed by atoms with van der Waals surface area (Å²) in [4.78, 5) is 11.4. The van der Waals surface area contributed by atoms with Crippen molar-refractivity contribution in [2.24, 2.45) is 10.9 Å². The Bertz CT molecular complexity index is 881. The van der Waals surface area contributed by atoms with E-state index in [2.05, 4.69) is 50.4 Å². The van der Waals surface area contributed by atoms with Crippen LogP contribution in [0.15, 0.2) is 46.9 Å². The number of aryl methyl sites for hydroxylation is 1. The Labute approximate surface area is 208 Å². The van der Waals surface area contributed by atoms with Crippen molar-refractivity contribution in [3.05, 3.63) is 59.0 Å². The van der Waals surface area contributed by atoms with Crippen molar-refractivity contribution in [2.45, 2.75) is 98.3 Å². The number of allylic oxidation sites excluding steroid dienone is 5. The van der Waals surface area contributed by atoms with Crippen molar-refractivity contribution in [1.82, 2.24) is 9.88 Å². The van der Waals surface area contributed by atoms with Crippen molar-refractivity contribution in [3.63, 3.8) is 0 Å². The maximum Gasteiger partial charge on any atom is 0.145 e. The summed E-state index contributed by atoms with van der Waals surface area (Å²) in [5.74, 6) is 0.535. The summed E-state index contributed by atoms with van der Waals surface area (Å²) >= 11 is 0. The third kappa shape index (κ3) is 7.92. The molecule has 0 bridgehead atoms. The molecule has 4 heteroatoms. The quantitative estimate of drug-likeness (QED) is 0.272. The second-order valence-corrected chi connectivity index (χ2v) is 9.48. The van der Waals surface area contributed by atoms with Gasteiger partial charge >= 0.3 is 0 Å². The normalized spacial score (nSPS) is 16.1. The van der Waals surface area contributed by atoms with Crippen LogP contribution < -0.4 is 0 Å². The first-order chi connectivity index (χ1) is 16.5. The molecule has 34 heavy (non-hydrogen) atoms. The maximum absolute atomic E-state index is 14.5. The third-order valence-electron chi connectivity index (χ3n) is 7.17. The molecule has 0 saturated heterocycles. The molecule has 0 fully saturated rings. The lowest BCUT2D eigenvalue weighted by Gasteiger charge is -2.27. The van der Waals surface area contributed by atoms with E-state index in [4.69, 9.17) is 4.99 Å². The van der Waals surface area contributed by atoms with Gasteiger partial charge in [-0.25, -0.2) is 4.39 Å². The molecule has 1 aromatic heterocycles. The van der Waals surface area contributed by atoms with E-state index in [1.165, 1.54) is 43.4 Å². The van der Waals surface area contributed by atoms with Crippen LogP contribution in [0.1, 0.15) is 103 Å². The molecule has 188 valence electrons. The lowest BCUT2D eigenvalue weighted by Crippen LogP contribution is -2.20. The molecular formula is C30H46FN3. The number of nitrogens with zero attached hydrogens (tertiary/aromatic N) is 3. The molecule has 0 saturated carbocycles. The first kappa shape index (κ1) is 28.0. The van der Waals surface area contributed by atoms with E-state index in [9.17, 15) is 4.39 Å². The van der Waals surface area contributed by atoms with Gasteiger partial charge in [-0.05, 0) is 68.6 Å². The summed E-state index contributed by atoms with van der Waals surface area (Å²) in [5, 5.41) is 0. The maximum atomic E-state index is 14.5. The molecule has 1 heterocycles. The number of pyridine rings is 1. The highest BCUT2D eigenvalue weighted by Gasteiger charge is 2.20. The highest BCUT2D eigenvalue weighted by atomic mass is 19.1. The van der Waals surface area contributed by atoms with Gasteiger partial charge in [0.2, 0.25) is 0 Å². The standard InChI is InChI=1S/C30H46FN3/c1-7-11-15-24(8-2)18-19-32-22-26(9-3)34(6)30-17-14-12-13-16-27(30)23(5)25-20-28(31)29(10-4)33-21-25/h9,20-22,24H,5,7-8,10-19H2,1-4,6H3/b26-9+,32-22-/t24-/m1/s1. The summed E-state index contributed by atoms with van der Waals surface area (Å²) < 4.78 is 14.5. The topological polar surface area (TPSA) is 28.5 Å². The number of rotatable bonds is 13. The van der Waals surface area contributed by atoms with Crippen molar-refractivity contribution in [1.29, 1.82) is 0 Å². The highest BCUT2D eigenvalue weighted by Crippen LogP contribution is 2.35. The highest BCUT2D eigenvalue weighted by molar-refractivity contribution is 5.80. The Morgan fingerprint density at radius 1 is 1.21 bits per heavy atom. The van der Waals surface area contributed by atoms with Crippen LogP contribution >= 0.6 is 0 Å². The van der Waals surface area contributed by atoms with Gasteiger partial charge in [-0.15, -0.1) is 0 Å². The van der Waals surface area contributed by atoms with Gasteiger partial charge in [-0.1, -0.05) is 65.5 Å². The van der Waals surface area contributed by atoms with E-state index in [-0.39, 0.29) is 5.82 Å². The average molecular weight is 468 g/mol. The molecule has 0 spiro atoms. The molecule has 1 aromatic rings. The van der Waals surface area contributed by atoms with Gasteiger partial charge in [0.1, 0.15) is 5.82 Å². The fourth-order valence-electron chi connectivity index (χ4n) is 4.80. The van der Waals surface area contributed by atoms with Crippen LogP contribution in [0.2, 0.25) is 0 Å². The zero-order valence-electron chi connectivity index (χ0n) is 22.3. The number of aliphatic imine (C=N–C) groups is 1. The summed E-state index contributed by atoms with van der Waals surface area (Å²) in [6.45, 7) is 13.8. The number of aromatic nitrogens is 1. The molecule has 0 unspecified atom stereocenters. The van der Waals surface area contributed by atoms with Crippen molar-refractivity contribution in [3.8, 4) is 0 Å². The minimum Gasteiger partial charge on any atom is -0.347 e. The summed E-state index contributed by atoms with van der Waals surface area (Å²) in [6.07, 6.45) is 18.3. The summed E-state index contributed by atoms with van der Waals surface area (Å²) in [6, 6.07) is 1.60. The van der Waals surface area contributed by atoms with Crippen LogP contribution in [-0.4, -0.2) is 29.7 Å². The van der Waals surface area contributed by atoms with E-state index in [0.717, 1.165) is 61.4 Å². The van der Waals surface area contributed by atoms with Crippen LogP contribution in [-0.2, 0) is 6.42 Å². The second kappa shape index (κ2) is 14.9. The number of halogens is 1. The first-order valence-corrected chi connectivity index (χ1v) is 13.4. The average Bonchev–Trinajstić information content (AvgIpc) is 3.11. The van der Waals surface area contributed by atoms with E-state index in [1.54, 1.807) is 12.3 Å². The van der Waals surface area contributed by atoms with Crippen molar-refractivity contribution < 1.29 is 4.39 Å². The molecule has 1 aliphatic rings. The van der Waals surface area contributed by atoms with Gasteiger partial charge in [0.25, 0.3) is 0 Å². The predicted molar refractivity (Wildman–Crippen MR) is 146 cm³/mol. The van der Waals surface area contributed by atoms with E-state index < -0.39 is 0 Å². The lowest BCUT2D eigenvalue weighted by atomic mass is 9.94. The van der Waals surface area contributed by atoms with E-state index >= 15 is 0 Å². The summed E-state index contributed by atoms with van der Waals surface area (Å²) in [7, 11) is 2.13. The summed E-state index contributed by atoms with van der Waals surface area (Å²) in [5.41, 5.74) is 5.80. The Hall–Kier alpha value is -2.23. The van der Waals surface area contributed by atoms with Gasteiger partial charge in [-0.3, -0.25) is 9.98 Å². The number of hydrogen-bond acceptors (Lipinski definition) is 3. The number of unbranched alkanes of at least 4 members (excludes halogenated alkanes) is 1.